The number of carbonyl (C=O) groups excluding carboxylic acids is 1. The van der Waals surface area contributed by atoms with Crippen LogP contribution < -0.4 is 10.1 Å². The summed E-state index contributed by atoms with van der Waals surface area (Å²) in [4.78, 5) is 14.1. The molecule has 0 unspecified atom stereocenters. The van der Waals surface area contributed by atoms with Crippen LogP contribution in [0.4, 0.5) is 5.69 Å². The minimum absolute atomic E-state index is 0.0699. The molecule has 1 heterocycles. The lowest BCUT2D eigenvalue weighted by Crippen LogP contribution is -2.33. The average molecular weight is 351 g/mol. The Hall–Kier alpha value is -2.05. The summed E-state index contributed by atoms with van der Waals surface area (Å²) in [6.07, 6.45) is 0. The molecule has 0 atom stereocenters. The second-order valence-corrected chi connectivity index (χ2v) is 6.20. The highest BCUT2D eigenvalue weighted by Gasteiger charge is 2.13. The maximum atomic E-state index is 12.2. The van der Waals surface area contributed by atoms with E-state index in [4.69, 9.17) is 16.3 Å². The number of ether oxygens (including phenoxy) is 1. The summed E-state index contributed by atoms with van der Waals surface area (Å²) in [5, 5.41) is 7.86. The fourth-order valence-electron chi connectivity index (χ4n) is 2.33. The summed E-state index contributed by atoms with van der Waals surface area (Å²) >= 11 is 5.91. The molecule has 1 N–H and O–H groups in total. The zero-order valence-corrected chi connectivity index (χ0v) is 15.2. The maximum absolute atomic E-state index is 12.2. The van der Waals surface area contributed by atoms with Crippen LogP contribution in [-0.4, -0.2) is 47.3 Å². The molecular weight excluding hydrogens is 328 g/mol. The van der Waals surface area contributed by atoms with Crippen molar-refractivity contribution in [2.45, 2.75) is 13.8 Å². The van der Waals surface area contributed by atoms with Crippen molar-refractivity contribution in [3.63, 3.8) is 0 Å². The third-order valence-corrected chi connectivity index (χ3v) is 3.96. The Morgan fingerprint density at radius 2 is 2.17 bits per heavy atom. The monoisotopic (exact) mass is 350 g/mol. The van der Waals surface area contributed by atoms with Crippen molar-refractivity contribution < 1.29 is 9.53 Å². The third-order valence-electron chi connectivity index (χ3n) is 3.72. The molecule has 1 amide bonds. The Morgan fingerprint density at radius 3 is 2.79 bits per heavy atom. The van der Waals surface area contributed by atoms with Gasteiger partial charge in [-0.2, -0.15) is 5.10 Å². The zero-order chi connectivity index (χ0) is 17.7. The van der Waals surface area contributed by atoms with E-state index in [1.54, 1.807) is 16.8 Å². The molecule has 0 aliphatic heterocycles. The SMILES string of the molecule is Cc1nn(C)c(C)c1NC(=O)CN(C)CCOc1cccc(Cl)c1. The van der Waals surface area contributed by atoms with Crippen LogP contribution in [0.1, 0.15) is 11.4 Å². The van der Waals surface area contributed by atoms with Crippen molar-refractivity contribution >= 4 is 23.2 Å². The molecule has 0 aliphatic rings. The minimum atomic E-state index is -0.0699. The van der Waals surface area contributed by atoms with Crippen LogP contribution >= 0.6 is 11.6 Å². The molecule has 0 saturated carbocycles. The van der Waals surface area contributed by atoms with Crippen LogP contribution in [0.25, 0.3) is 0 Å². The lowest BCUT2D eigenvalue weighted by Gasteiger charge is -2.17. The van der Waals surface area contributed by atoms with Gasteiger partial charge in [0, 0.05) is 18.6 Å². The number of benzene rings is 1. The number of hydrogen-bond acceptors (Lipinski definition) is 4. The predicted molar refractivity (Wildman–Crippen MR) is 95.8 cm³/mol. The number of carbonyl (C=O) groups is 1. The number of likely N-dealkylation sites (N-methyl/N-ethyl adjacent to an activating group) is 1. The van der Waals surface area contributed by atoms with E-state index in [0.717, 1.165) is 22.8 Å². The number of halogens is 1. The first-order valence-electron chi connectivity index (χ1n) is 7.73. The maximum Gasteiger partial charge on any atom is 0.238 e. The highest BCUT2D eigenvalue weighted by Crippen LogP contribution is 2.18. The molecule has 0 spiro atoms. The van der Waals surface area contributed by atoms with Gasteiger partial charge in [0.25, 0.3) is 0 Å². The normalized spacial score (nSPS) is 10.9. The molecule has 7 heteroatoms. The van der Waals surface area contributed by atoms with Gasteiger partial charge < -0.3 is 10.1 Å². The van der Waals surface area contributed by atoms with E-state index in [1.165, 1.54) is 0 Å². The molecule has 1 aromatic heterocycles. The van der Waals surface area contributed by atoms with E-state index >= 15 is 0 Å². The highest BCUT2D eigenvalue weighted by atomic mass is 35.5. The summed E-state index contributed by atoms with van der Waals surface area (Å²) in [6.45, 7) is 5.20. The van der Waals surface area contributed by atoms with Gasteiger partial charge in [-0.15, -0.1) is 0 Å². The van der Waals surface area contributed by atoms with Gasteiger partial charge in [-0.3, -0.25) is 14.4 Å². The van der Waals surface area contributed by atoms with Crippen LogP contribution in [-0.2, 0) is 11.8 Å². The number of aromatic nitrogens is 2. The van der Waals surface area contributed by atoms with Gasteiger partial charge in [0.1, 0.15) is 12.4 Å². The summed E-state index contributed by atoms with van der Waals surface area (Å²) in [7, 11) is 3.74. The lowest BCUT2D eigenvalue weighted by atomic mass is 10.3. The van der Waals surface area contributed by atoms with Crippen molar-refractivity contribution in [1.29, 1.82) is 0 Å². The first kappa shape index (κ1) is 18.3. The number of nitrogens with zero attached hydrogens (tertiary/aromatic N) is 3. The molecule has 0 bridgehead atoms. The molecule has 24 heavy (non-hydrogen) atoms. The molecule has 1 aromatic carbocycles. The van der Waals surface area contributed by atoms with Crippen LogP contribution in [0, 0.1) is 13.8 Å². The summed E-state index contributed by atoms with van der Waals surface area (Å²) in [6, 6.07) is 7.26. The van der Waals surface area contributed by atoms with Crippen LogP contribution in [0.15, 0.2) is 24.3 Å². The standard InChI is InChI=1S/C17H23ClN4O2/c1-12-17(13(2)22(4)20-12)19-16(23)11-21(3)8-9-24-15-7-5-6-14(18)10-15/h5-7,10H,8-9,11H2,1-4H3,(H,19,23). The molecule has 0 radical (unpaired) electrons. The Balaban J connectivity index is 1.77. The largest absolute Gasteiger partial charge is 0.492 e. The number of hydrogen-bond donors (Lipinski definition) is 1. The average Bonchev–Trinajstić information content (AvgIpc) is 2.73. The van der Waals surface area contributed by atoms with E-state index in [1.807, 2.05) is 45.0 Å². The molecule has 0 fully saturated rings. The van der Waals surface area contributed by atoms with Crippen molar-refractivity contribution in [3.05, 3.63) is 40.7 Å². The number of amides is 1. The smallest absolute Gasteiger partial charge is 0.238 e. The predicted octanol–water partition coefficient (Wildman–Crippen LogP) is 2.64. The number of rotatable bonds is 7. The van der Waals surface area contributed by atoms with Crippen molar-refractivity contribution in [2.75, 3.05) is 32.1 Å². The Morgan fingerprint density at radius 1 is 1.42 bits per heavy atom. The Kier molecular flexibility index (Phi) is 6.23. The van der Waals surface area contributed by atoms with Gasteiger partial charge in [-0.1, -0.05) is 17.7 Å². The van der Waals surface area contributed by atoms with Crippen LogP contribution in [0.3, 0.4) is 0 Å². The van der Waals surface area contributed by atoms with Gasteiger partial charge in [0.15, 0.2) is 0 Å². The van der Waals surface area contributed by atoms with E-state index in [0.29, 0.717) is 18.2 Å². The highest BCUT2D eigenvalue weighted by molar-refractivity contribution is 6.30. The van der Waals surface area contributed by atoms with Crippen molar-refractivity contribution in [2.24, 2.45) is 7.05 Å². The summed E-state index contributed by atoms with van der Waals surface area (Å²) in [5.41, 5.74) is 2.54. The van der Waals surface area contributed by atoms with Crippen LogP contribution in [0.5, 0.6) is 5.75 Å². The number of aryl methyl sites for hydroxylation is 2. The van der Waals surface area contributed by atoms with Crippen LogP contribution in [0.2, 0.25) is 5.02 Å². The van der Waals surface area contributed by atoms with E-state index in [2.05, 4.69) is 10.4 Å². The van der Waals surface area contributed by atoms with Gasteiger partial charge >= 0.3 is 0 Å². The first-order chi connectivity index (χ1) is 11.4. The molecule has 130 valence electrons. The van der Waals surface area contributed by atoms with Gasteiger partial charge in [0.05, 0.1) is 23.6 Å². The molecule has 0 saturated heterocycles. The molecule has 0 aliphatic carbocycles. The Bertz CT molecular complexity index is 715. The first-order valence-corrected chi connectivity index (χ1v) is 8.11. The number of anilines is 1. The zero-order valence-electron chi connectivity index (χ0n) is 14.5. The minimum Gasteiger partial charge on any atom is -0.492 e. The van der Waals surface area contributed by atoms with Gasteiger partial charge in [-0.25, -0.2) is 0 Å². The second-order valence-electron chi connectivity index (χ2n) is 5.76. The second kappa shape index (κ2) is 8.17. The van der Waals surface area contributed by atoms with E-state index in [-0.39, 0.29) is 12.5 Å². The van der Waals surface area contributed by atoms with Crippen molar-refractivity contribution in [1.82, 2.24) is 14.7 Å². The van der Waals surface area contributed by atoms with Gasteiger partial charge in [-0.05, 0) is 39.1 Å². The summed E-state index contributed by atoms with van der Waals surface area (Å²) in [5.74, 6) is 0.654. The molecule has 6 nitrogen and oxygen atoms in total. The van der Waals surface area contributed by atoms with E-state index in [9.17, 15) is 4.79 Å². The number of nitrogens with one attached hydrogen (secondary N) is 1. The summed E-state index contributed by atoms with van der Waals surface area (Å²) < 4.78 is 7.39. The third kappa shape index (κ3) is 4.97. The van der Waals surface area contributed by atoms with E-state index < -0.39 is 0 Å². The lowest BCUT2D eigenvalue weighted by molar-refractivity contribution is -0.117. The Labute approximate surface area is 147 Å². The quantitative estimate of drug-likeness (QED) is 0.834. The fraction of sp³-hybridized carbons (Fsp3) is 0.412. The molecule has 2 aromatic rings. The van der Waals surface area contributed by atoms with Crippen molar-refractivity contribution in [3.8, 4) is 5.75 Å². The topological polar surface area (TPSA) is 59.4 Å². The molecule has 2 rings (SSSR count). The molecular formula is C17H23ClN4O2. The fourth-order valence-corrected chi connectivity index (χ4v) is 2.51. The van der Waals surface area contributed by atoms with Gasteiger partial charge in [0.2, 0.25) is 5.91 Å².